The number of nitrogens with zero attached hydrogens (tertiary/aromatic N) is 3. The van der Waals surface area contributed by atoms with Gasteiger partial charge >= 0.3 is 0 Å². The fraction of sp³-hybridized carbons (Fsp3) is 0.105. The predicted octanol–water partition coefficient (Wildman–Crippen LogP) is 4.43. The Bertz CT molecular complexity index is 799. The third kappa shape index (κ3) is 3.48. The zero-order chi connectivity index (χ0) is 16.2. The van der Waals surface area contributed by atoms with E-state index in [2.05, 4.69) is 38.7 Å². The zero-order valence-electron chi connectivity index (χ0n) is 13.1. The maximum Gasteiger partial charge on any atom is 0.123 e. The molecule has 3 rings (SSSR count). The number of benzene rings is 2. The van der Waals surface area contributed by atoms with Gasteiger partial charge < -0.3 is 9.47 Å². The van der Waals surface area contributed by atoms with Gasteiger partial charge in [-0.15, -0.1) is 0 Å². The van der Waals surface area contributed by atoms with Crippen molar-refractivity contribution >= 4 is 17.6 Å². The van der Waals surface area contributed by atoms with E-state index >= 15 is 0 Å². The molecule has 0 radical (unpaired) electrons. The molecule has 116 valence electrons. The first-order valence-electron chi connectivity index (χ1n) is 7.38. The monoisotopic (exact) mass is 307 g/mol. The predicted molar refractivity (Wildman–Crippen MR) is 93.8 cm³/mol. The van der Waals surface area contributed by atoms with E-state index in [0.717, 1.165) is 22.8 Å². The van der Waals surface area contributed by atoms with E-state index in [1.165, 1.54) is 12.1 Å². The van der Waals surface area contributed by atoms with Crippen LogP contribution in [0.25, 0.3) is 5.69 Å². The van der Waals surface area contributed by atoms with Crippen molar-refractivity contribution in [1.82, 2.24) is 4.57 Å². The molecular formula is C19H18FN3. The molecule has 0 N–H and O–H groups in total. The summed E-state index contributed by atoms with van der Waals surface area (Å²) in [5, 5.41) is 0. The number of hydrogen-bond acceptors (Lipinski definition) is 2. The van der Waals surface area contributed by atoms with E-state index in [9.17, 15) is 4.39 Å². The number of aliphatic imine (C=N–C) groups is 1. The average Bonchev–Trinajstić information content (AvgIpc) is 3.03. The van der Waals surface area contributed by atoms with Crippen LogP contribution < -0.4 is 4.90 Å². The molecule has 2 aromatic carbocycles. The van der Waals surface area contributed by atoms with Gasteiger partial charge in [-0.25, -0.2) is 4.39 Å². The highest BCUT2D eigenvalue weighted by Gasteiger charge is 2.02. The Morgan fingerprint density at radius 2 is 1.65 bits per heavy atom. The Labute approximate surface area is 135 Å². The van der Waals surface area contributed by atoms with Gasteiger partial charge in [0.2, 0.25) is 0 Å². The van der Waals surface area contributed by atoms with Gasteiger partial charge in [-0.1, -0.05) is 0 Å². The third-order valence-electron chi connectivity index (χ3n) is 3.60. The summed E-state index contributed by atoms with van der Waals surface area (Å²) in [7, 11) is 4.04. The van der Waals surface area contributed by atoms with E-state index in [-0.39, 0.29) is 5.82 Å². The minimum atomic E-state index is -0.256. The second-order valence-electron chi connectivity index (χ2n) is 5.45. The molecule has 0 aliphatic rings. The van der Waals surface area contributed by atoms with Crippen LogP contribution in [-0.4, -0.2) is 24.9 Å². The molecule has 3 nitrogen and oxygen atoms in total. The molecule has 0 saturated heterocycles. The molecule has 0 atom stereocenters. The van der Waals surface area contributed by atoms with E-state index < -0.39 is 0 Å². The molecule has 0 amide bonds. The van der Waals surface area contributed by atoms with Gasteiger partial charge in [0.25, 0.3) is 0 Å². The lowest BCUT2D eigenvalue weighted by molar-refractivity contribution is 0.628. The van der Waals surface area contributed by atoms with Crippen LogP contribution in [0.1, 0.15) is 5.69 Å². The number of halogens is 1. The molecule has 0 spiro atoms. The second kappa shape index (κ2) is 6.48. The number of hydrogen-bond donors (Lipinski definition) is 0. The van der Waals surface area contributed by atoms with Gasteiger partial charge in [-0.2, -0.15) is 0 Å². The van der Waals surface area contributed by atoms with Crippen LogP contribution in [0, 0.1) is 5.82 Å². The summed E-state index contributed by atoms with van der Waals surface area (Å²) in [6.07, 6.45) is 3.78. The van der Waals surface area contributed by atoms with Crippen LogP contribution in [0.15, 0.2) is 71.9 Å². The van der Waals surface area contributed by atoms with Crippen LogP contribution in [0.3, 0.4) is 0 Å². The summed E-state index contributed by atoms with van der Waals surface area (Å²) in [5.41, 5.74) is 3.91. The van der Waals surface area contributed by atoms with Crippen molar-refractivity contribution < 1.29 is 4.39 Å². The minimum absolute atomic E-state index is 0.256. The fourth-order valence-corrected chi connectivity index (χ4v) is 2.31. The van der Waals surface area contributed by atoms with E-state index in [1.807, 2.05) is 32.4 Å². The second-order valence-corrected chi connectivity index (χ2v) is 5.45. The van der Waals surface area contributed by atoms with Gasteiger partial charge in [0.1, 0.15) is 5.82 Å². The molecule has 0 fully saturated rings. The summed E-state index contributed by atoms with van der Waals surface area (Å²) < 4.78 is 15.0. The fourth-order valence-electron chi connectivity index (χ4n) is 2.31. The molecule has 3 aromatic rings. The highest BCUT2D eigenvalue weighted by atomic mass is 19.1. The summed E-state index contributed by atoms with van der Waals surface area (Å²) in [6.45, 7) is 0. The normalized spacial score (nSPS) is 11.1. The maximum atomic E-state index is 12.9. The van der Waals surface area contributed by atoms with Gasteiger partial charge in [0.15, 0.2) is 0 Å². The highest BCUT2D eigenvalue weighted by Crippen LogP contribution is 2.18. The molecule has 0 saturated carbocycles. The van der Waals surface area contributed by atoms with Crippen molar-refractivity contribution in [3.63, 3.8) is 0 Å². The maximum absolute atomic E-state index is 12.9. The quantitative estimate of drug-likeness (QED) is 0.653. The number of aromatic nitrogens is 1. The Morgan fingerprint density at radius 1 is 0.957 bits per heavy atom. The van der Waals surface area contributed by atoms with E-state index in [1.54, 1.807) is 18.3 Å². The first-order chi connectivity index (χ1) is 11.1. The summed E-state index contributed by atoms with van der Waals surface area (Å²) in [5.74, 6) is -0.256. The van der Waals surface area contributed by atoms with Crippen molar-refractivity contribution in [3.8, 4) is 5.69 Å². The number of anilines is 1. The molecule has 0 aliphatic heterocycles. The van der Waals surface area contributed by atoms with Crippen LogP contribution in [0.2, 0.25) is 0 Å². The largest absolute Gasteiger partial charge is 0.378 e. The topological polar surface area (TPSA) is 20.5 Å². The number of rotatable bonds is 4. The molecule has 1 aromatic heterocycles. The molecule has 0 aliphatic carbocycles. The van der Waals surface area contributed by atoms with Crippen LogP contribution in [-0.2, 0) is 0 Å². The lowest BCUT2D eigenvalue weighted by atomic mass is 10.2. The lowest BCUT2D eigenvalue weighted by Gasteiger charge is -2.13. The van der Waals surface area contributed by atoms with Crippen molar-refractivity contribution in [3.05, 3.63) is 78.4 Å². The lowest BCUT2D eigenvalue weighted by Crippen LogP contribution is -2.08. The minimum Gasteiger partial charge on any atom is -0.378 e. The highest BCUT2D eigenvalue weighted by molar-refractivity contribution is 5.81. The van der Waals surface area contributed by atoms with Crippen molar-refractivity contribution in [2.75, 3.05) is 19.0 Å². The summed E-state index contributed by atoms with van der Waals surface area (Å²) in [6, 6.07) is 18.4. The molecule has 0 unspecified atom stereocenters. The van der Waals surface area contributed by atoms with Crippen LogP contribution in [0.5, 0.6) is 0 Å². The van der Waals surface area contributed by atoms with Crippen molar-refractivity contribution in [1.29, 1.82) is 0 Å². The van der Waals surface area contributed by atoms with Gasteiger partial charge in [0.05, 0.1) is 17.6 Å². The van der Waals surface area contributed by atoms with Crippen LogP contribution >= 0.6 is 0 Å². The molecule has 1 heterocycles. The Kier molecular flexibility index (Phi) is 4.24. The zero-order valence-corrected chi connectivity index (χ0v) is 13.1. The molecule has 4 heteroatoms. The molecule has 0 bridgehead atoms. The smallest absolute Gasteiger partial charge is 0.123 e. The van der Waals surface area contributed by atoms with E-state index in [0.29, 0.717) is 0 Å². The summed E-state index contributed by atoms with van der Waals surface area (Å²) >= 11 is 0. The van der Waals surface area contributed by atoms with E-state index in [4.69, 9.17) is 0 Å². The van der Waals surface area contributed by atoms with Crippen molar-refractivity contribution in [2.24, 2.45) is 4.99 Å². The molecular weight excluding hydrogens is 289 g/mol. The summed E-state index contributed by atoms with van der Waals surface area (Å²) in [4.78, 5) is 6.47. The van der Waals surface area contributed by atoms with Gasteiger partial charge in [-0.05, 0) is 60.7 Å². The Balaban J connectivity index is 1.85. The average molecular weight is 307 g/mol. The SMILES string of the molecule is CN(C)c1ccc(-n2cccc2C=Nc2ccc(F)cc2)cc1. The molecule has 23 heavy (non-hydrogen) atoms. The van der Waals surface area contributed by atoms with Gasteiger partial charge in [-0.3, -0.25) is 4.99 Å². The van der Waals surface area contributed by atoms with Gasteiger partial charge in [0, 0.05) is 31.7 Å². The van der Waals surface area contributed by atoms with Crippen LogP contribution in [0.4, 0.5) is 15.8 Å². The Hall–Kier alpha value is -2.88. The Morgan fingerprint density at radius 3 is 2.30 bits per heavy atom. The first kappa shape index (κ1) is 15.0. The van der Waals surface area contributed by atoms with Crippen molar-refractivity contribution in [2.45, 2.75) is 0 Å². The first-order valence-corrected chi connectivity index (χ1v) is 7.38. The third-order valence-corrected chi connectivity index (χ3v) is 3.60. The standard InChI is InChI=1S/C19H18FN3/c1-22(2)17-9-11-18(12-10-17)23-13-3-4-19(23)14-21-16-7-5-15(20)6-8-16/h3-14H,1-2H3.